The van der Waals surface area contributed by atoms with E-state index < -0.39 is 47.7 Å². The third-order valence-electron chi connectivity index (χ3n) is 5.38. The molecule has 0 spiro atoms. The molecule has 0 fully saturated rings. The first-order chi connectivity index (χ1) is 20.0. The third kappa shape index (κ3) is 12.3. The standard InChI is InChI=1S/C26H32I3N3O11/c1-12(7-8-40-14(3)34)9-18(37)43-32(13(2)33)24-22(28)19(25(38)30-6)21(27)20(23(24)29)26(39)31-10-17(42-16(5)36)11-41-15(4)35/h12,17H,7-11H2,1-6H3,(H,30,38)(H,31,39). The topological polar surface area (TPSA) is 184 Å². The van der Waals surface area contributed by atoms with Crippen molar-refractivity contribution < 1.29 is 52.6 Å². The van der Waals surface area contributed by atoms with E-state index in [9.17, 15) is 33.6 Å². The summed E-state index contributed by atoms with van der Waals surface area (Å²) in [6.07, 6.45) is -0.734. The van der Waals surface area contributed by atoms with Crippen LogP contribution in [0.2, 0.25) is 0 Å². The molecular weight excluding hydrogens is 911 g/mol. The van der Waals surface area contributed by atoms with Crippen LogP contribution in [0.5, 0.6) is 0 Å². The zero-order valence-electron chi connectivity index (χ0n) is 24.3. The van der Waals surface area contributed by atoms with Crippen molar-refractivity contribution >= 4 is 115 Å². The van der Waals surface area contributed by atoms with Crippen molar-refractivity contribution in [3.63, 3.8) is 0 Å². The molecule has 43 heavy (non-hydrogen) atoms. The van der Waals surface area contributed by atoms with E-state index in [1.807, 2.05) is 67.8 Å². The lowest BCUT2D eigenvalue weighted by Gasteiger charge is -2.26. The molecule has 0 heterocycles. The molecule has 2 unspecified atom stereocenters. The van der Waals surface area contributed by atoms with Gasteiger partial charge >= 0.3 is 23.9 Å². The van der Waals surface area contributed by atoms with E-state index in [1.54, 1.807) is 6.92 Å². The second-order valence-electron chi connectivity index (χ2n) is 9.08. The molecule has 0 bridgehead atoms. The van der Waals surface area contributed by atoms with Crippen LogP contribution >= 0.6 is 67.8 Å². The monoisotopic (exact) mass is 943 g/mol. The zero-order chi connectivity index (χ0) is 33.0. The van der Waals surface area contributed by atoms with Gasteiger partial charge in [-0.3, -0.25) is 28.8 Å². The van der Waals surface area contributed by atoms with Crippen LogP contribution in [0.3, 0.4) is 0 Å². The number of carbonyl (C=O) groups is 7. The molecule has 1 aromatic carbocycles. The molecule has 14 nitrogen and oxygen atoms in total. The molecule has 2 atom stereocenters. The van der Waals surface area contributed by atoms with E-state index in [4.69, 9.17) is 19.0 Å². The fourth-order valence-corrected chi connectivity index (χ4v) is 8.01. The van der Waals surface area contributed by atoms with Gasteiger partial charge in [0, 0.05) is 38.3 Å². The summed E-state index contributed by atoms with van der Waals surface area (Å²) in [5.41, 5.74) is 0.0364. The third-order valence-corrected chi connectivity index (χ3v) is 8.56. The van der Waals surface area contributed by atoms with Gasteiger partial charge in [-0.25, -0.2) is 4.79 Å². The Morgan fingerprint density at radius 1 is 0.814 bits per heavy atom. The minimum Gasteiger partial charge on any atom is -0.466 e. The van der Waals surface area contributed by atoms with Crippen LogP contribution in [0.1, 0.15) is 68.2 Å². The van der Waals surface area contributed by atoms with Gasteiger partial charge in [-0.05, 0) is 80.1 Å². The Kier molecular flexibility index (Phi) is 16.7. The lowest BCUT2D eigenvalue weighted by molar-refractivity contribution is -0.155. The molecule has 0 saturated carbocycles. The lowest BCUT2D eigenvalue weighted by Crippen LogP contribution is -2.39. The summed E-state index contributed by atoms with van der Waals surface area (Å²) < 4.78 is 15.6. The maximum atomic E-state index is 13.5. The average molecular weight is 943 g/mol. The van der Waals surface area contributed by atoms with Crippen molar-refractivity contribution in [2.24, 2.45) is 5.92 Å². The predicted molar refractivity (Wildman–Crippen MR) is 177 cm³/mol. The van der Waals surface area contributed by atoms with Crippen molar-refractivity contribution in [1.29, 1.82) is 0 Å². The van der Waals surface area contributed by atoms with Gasteiger partial charge in [0.2, 0.25) is 0 Å². The number of amides is 3. The number of rotatable bonds is 13. The number of hydroxylamine groups is 1. The van der Waals surface area contributed by atoms with E-state index in [1.165, 1.54) is 20.9 Å². The Morgan fingerprint density at radius 2 is 1.37 bits per heavy atom. The highest BCUT2D eigenvalue weighted by molar-refractivity contribution is 14.1. The average Bonchev–Trinajstić information content (AvgIpc) is 2.88. The van der Waals surface area contributed by atoms with Gasteiger partial charge in [0.05, 0.1) is 37.8 Å². The Balaban J connectivity index is 3.49. The molecule has 238 valence electrons. The largest absolute Gasteiger partial charge is 0.466 e. The maximum Gasteiger partial charge on any atom is 0.333 e. The van der Waals surface area contributed by atoms with Crippen LogP contribution in [0.4, 0.5) is 5.69 Å². The van der Waals surface area contributed by atoms with Gasteiger partial charge in [0.1, 0.15) is 12.3 Å². The number of hydrogen-bond acceptors (Lipinski definition) is 11. The molecule has 2 N–H and O–H groups in total. The zero-order valence-corrected chi connectivity index (χ0v) is 30.7. The summed E-state index contributed by atoms with van der Waals surface area (Å²) >= 11 is 5.48. The highest BCUT2D eigenvalue weighted by Crippen LogP contribution is 2.38. The van der Waals surface area contributed by atoms with Crippen molar-refractivity contribution in [3.8, 4) is 0 Å². The summed E-state index contributed by atoms with van der Waals surface area (Å²) in [6.45, 7) is 6.07. The normalized spacial score (nSPS) is 11.8. The molecule has 0 radical (unpaired) electrons. The van der Waals surface area contributed by atoms with Crippen LogP contribution < -0.4 is 15.7 Å². The van der Waals surface area contributed by atoms with Gasteiger partial charge in [-0.2, -0.15) is 0 Å². The lowest BCUT2D eigenvalue weighted by atomic mass is 10.1. The number of halogens is 3. The van der Waals surface area contributed by atoms with Crippen LogP contribution in [0.25, 0.3) is 0 Å². The van der Waals surface area contributed by atoms with E-state index in [-0.39, 0.29) is 59.6 Å². The summed E-state index contributed by atoms with van der Waals surface area (Å²) in [5, 5.41) is 5.84. The minimum atomic E-state index is -1.00. The van der Waals surface area contributed by atoms with E-state index in [0.29, 0.717) is 6.42 Å². The Bertz CT molecular complexity index is 1270. The number of anilines is 1. The highest BCUT2D eigenvalue weighted by Gasteiger charge is 2.33. The maximum absolute atomic E-state index is 13.5. The summed E-state index contributed by atoms with van der Waals surface area (Å²) in [7, 11) is 1.39. The van der Waals surface area contributed by atoms with Gasteiger partial charge in [0.25, 0.3) is 17.7 Å². The molecule has 0 aliphatic rings. The molecule has 0 aromatic heterocycles. The number of esters is 3. The second kappa shape index (κ2) is 18.5. The van der Waals surface area contributed by atoms with Crippen LogP contribution in [-0.2, 0) is 43.0 Å². The molecule has 1 aromatic rings. The SMILES string of the molecule is CNC(=O)c1c(I)c(C(=O)NCC(COC(C)=O)OC(C)=O)c(I)c(N(OC(=O)CC(C)CCOC(C)=O)C(C)=O)c1I. The smallest absolute Gasteiger partial charge is 0.333 e. The first kappa shape index (κ1) is 38.7. The fraction of sp³-hybridized carbons (Fsp3) is 0.500. The van der Waals surface area contributed by atoms with Crippen molar-refractivity contribution in [2.75, 3.05) is 31.9 Å². The quantitative estimate of drug-likeness (QED) is 0.128. The van der Waals surface area contributed by atoms with Gasteiger partial charge < -0.3 is 29.7 Å². The van der Waals surface area contributed by atoms with Crippen molar-refractivity contribution in [3.05, 3.63) is 21.8 Å². The van der Waals surface area contributed by atoms with E-state index in [2.05, 4.69) is 10.6 Å². The number of nitrogens with zero attached hydrogens (tertiary/aromatic N) is 1. The molecule has 0 aliphatic carbocycles. The molecule has 3 amide bonds. The van der Waals surface area contributed by atoms with Crippen LogP contribution in [-0.4, -0.2) is 74.5 Å². The van der Waals surface area contributed by atoms with Gasteiger partial charge in [-0.15, -0.1) is 5.06 Å². The summed E-state index contributed by atoms with van der Waals surface area (Å²) in [6, 6.07) is 0. The molecule has 1 rings (SSSR count). The Morgan fingerprint density at radius 3 is 1.86 bits per heavy atom. The van der Waals surface area contributed by atoms with E-state index >= 15 is 0 Å². The fourth-order valence-electron chi connectivity index (χ4n) is 3.42. The number of ether oxygens (including phenoxy) is 3. The predicted octanol–water partition coefficient (Wildman–Crippen LogP) is 2.88. The van der Waals surface area contributed by atoms with Crippen molar-refractivity contribution in [2.45, 2.75) is 53.6 Å². The minimum absolute atomic E-state index is 0.00442. The van der Waals surface area contributed by atoms with Crippen molar-refractivity contribution in [1.82, 2.24) is 10.6 Å². The summed E-state index contributed by atoms with van der Waals surface area (Å²) in [5.74, 6) is -4.71. The molecule has 17 heteroatoms. The second-order valence-corrected chi connectivity index (χ2v) is 12.3. The van der Waals surface area contributed by atoms with Crippen LogP contribution in [0, 0.1) is 16.6 Å². The summed E-state index contributed by atoms with van der Waals surface area (Å²) in [4.78, 5) is 91.2. The van der Waals surface area contributed by atoms with Crippen LogP contribution in [0.15, 0.2) is 0 Å². The highest BCUT2D eigenvalue weighted by atomic mass is 127. The number of nitrogens with one attached hydrogen (secondary N) is 2. The van der Waals surface area contributed by atoms with E-state index in [0.717, 1.165) is 18.9 Å². The molecular formula is C26H32I3N3O11. The number of hydrogen-bond donors (Lipinski definition) is 2. The van der Waals surface area contributed by atoms with Gasteiger partial charge in [0.15, 0.2) is 6.10 Å². The number of carbonyl (C=O) groups excluding carboxylic acids is 7. The first-order valence-corrected chi connectivity index (χ1v) is 15.9. The Hall–Kier alpha value is -2.30. The first-order valence-electron chi connectivity index (χ1n) is 12.7. The van der Waals surface area contributed by atoms with Gasteiger partial charge in [-0.1, -0.05) is 6.92 Å². The number of benzene rings is 1. The molecule has 0 saturated heterocycles. The molecule has 0 aliphatic heterocycles. The Labute approximate surface area is 289 Å².